The van der Waals surface area contributed by atoms with Gasteiger partial charge in [0.1, 0.15) is 11.6 Å². The highest BCUT2D eigenvalue weighted by Crippen LogP contribution is 1.72. The minimum atomic E-state index is -0.915. The van der Waals surface area contributed by atoms with E-state index in [-0.39, 0.29) is 24.7 Å². The molecule has 0 radical (unpaired) electrons. The van der Waals surface area contributed by atoms with E-state index in [0.717, 1.165) is 0 Å². The van der Waals surface area contributed by atoms with Crippen molar-refractivity contribution in [2.45, 2.75) is 13.8 Å². The van der Waals surface area contributed by atoms with Crippen molar-refractivity contribution in [3.8, 4) is 0 Å². The van der Waals surface area contributed by atoms with E-state index in [1.807, 2.05) is 0 Å². The van der Waals surface area contributed by atoms with Crippen LogP contribution in [0.3, 0.4) is 0 Å². The first-order valence-electron chi connectivity index (χ1n) is 3.98. The zero-order valence-corrected chi connectivity index (χ0v) is 8.05. The highest BCUT2D eigenvalue weighted by atomic mass is 16.2. The second-order valence-corrected chi connectivity index (χ2v) is 2.77. The predicted octanol–water partition coefficient (Wildman–Crippen LogP) is -1.60. The number of Topliss-reactive ketones (excluding diaryl/α,β-unsaturated/α-hetero) is 2. The van der Waals surface area contributed by atoms with Crippen LogP contribution in [0.4, 0.5) is 0 Å². The quantitative estimate of drug-likeness (QED) is 0.534. The van der Waals surface area contributed by atoms with Gasteiger partial charge in [-0.3, -0.25) is 19.2 Å². The van der Waals surface area contributed by atoms with E-state index in [0.29, 0.717) is 0 Å². The normalized spacial score (nSPS) is 9.00. The summed E-state index contributed by atoms with van der Waals surface area (Å²) < 4.78 is 0. The monoisotopic (exact) mass is 200 g/mol. The van der Waals surface area contributed by atoms with Crippen molar-refractivity contribution in [1.82, 2.24) is 10.6 Å². The molecule has 0 aliphatic carbocycles. The van der Waals surface area contributed by atoms with Crippen LogP contribution in [0.2, 0.25) is 0 Å². The number of hydrogen-bond acceptors (Lipinski definition) is 4. The van der Waals surface area contributed by atoms with Gasteiger partial charge in [-0.05, 0) is 13.8 Å². The van der Waals surface area contributed by atoms with Crippen molar-refractivity contribution < 1.29 is 19.2 Å². The lowest BCUT2D eigenvalue weighted by atomic mass is 10.4. The van der Waals surface area contributed by atoms with Gasteiger partial charge in [0.05, 0.1) is 13.1 Å². The lowest BCUT2D eigenvalue weighted by Crippen LogP contribution is -2.42. The fraction of sp³-hybridized carbons (Fsp3) is 0.500. The maximum atomic E-state index is 10.9. The smallest absolute Gasteiger partial charge is 0.309 e. The molecule has 0 aromatic rings. The van der Waals surface area contributed by atoms with Crippen LogP contribution in [0.1, 0.15) is 13.8 Å². The van der Waals surface area contributed by atoms with E-state index in [1.165, 1.54) is 13.8 Å². The van der Waals surface area contributed by atoms with Crippen LogP contribution < -0.4 is 10.6 Å². The Morgan fingerprint density at radius 1 is 0.786 bits per heavy atom. The Kier molecular flexibility index (Phi) is 5.13. The van der Waals surface area contributed by atoms with Crippen LogP contribution in [-0.4, -0.2) is 36.5 Å². The molecule has 0 saturated heterocycles. The van der Waals surface area contributed by atoms with Crippen molar-refractivity contribution in [2.24, 2.45) is 0 Å². The SMILES string of the molecule is CC(=O)CNC(=O)C(=O)NCC(C)=O. The highest BCUT2D eigenvalue weighted by molar-refractivity contribution is 6.35. The van der Waals surface area contributed by atoms with Gasteiger partial charge in [-0.1, -0.05) is 0 Å². The molecule has 0 unspecified atom stereocenters. The van der Waals surface area contributed by atoms with Crippen LogP contribution in [0, 0.1) is 0 Å². The molecule has 0 fully saturated rings. The second-order valence-electron chi connectivity index (χ2n) is 2.77. The third-order valence-corrected chi connectivity index (χ3v) is 1.20. The first-order valence-corrected chi connectivity index (χ1v) is 3.98. The molecule has 0 heterocycles. The standard InChI is InChI=1S/C8H12N2O4/c1-5(11)3-9-7(13)8(14)10-4-6(2)12/h3-4H2,1-2H3,(H,9,13)(H,10,14). The van der Waals surface area contributed by atoms with Gasteiger partial charge in [-0.15, -0.1) is 0 Å². The fourth-order valence-corrected chi connectivity index (χ4v) is 0.570. The number of nitrogens with one attached hydrogen (secondary N) is 2. The molecule has 6 nitrogen and oxygen atoms in total. The molecule has 0 aromatic heterocycles. The summed E-state index contributed by atoms with van der Waals surface area (Å²) >= 11 is 0. The van der Waals surface area contributed by atoms with Gasteiger partial charge in [0.15, 0.2) is 0 Å². The van der Waals surface area contributed by atoms with Crippen molar-refractivity contribution in [2.75, 3.05) is 13.1 Å². The molecule has 0 aromatic carbocycles. The summed E-state index contributed by atoms with van der Waals surface area (Å²) in [5.41, 5.74) is 0. The Balaban J connectivity index is 3.82. The number of ketones is 2. The summed E-state index contributed by atoms with van der Waals surface area (Å²) in [6.07, 6.45) is 0. The summed E-state index contributed by atoms with van der Waals surface area (Å²) in [6.45, 7) is 2.19. The third kappa shape index (κ3) is 5.87. The Labute approximate surface area is 81.0 Å². The summed E-state index contributed by atoms with van der Waals surface area (Å²) in [7, 11) is 0. The minimum Gasteiger partial charge on any atom is -0.341 e. The van der Waals surface area contributed by atoms with Gasteiger partial charge >= 0.3 is 11.8 Å². The van der Waals surface area contributed by atoms with Crippen molar-refractivity contribution in [3.05, 3.63) is 0 Å². The van der Waals surface area contributed by atoms with Gasteiger partial charge < -0.3 is 10.6 Å². The van der Waals surface area contributed by atoms with E-state index >= 15 is 0 Å². The Bertz CT molecular complexity index is 245. The lowest BCUT2D eigenvalue weighted by Gasteiger charge is -2.02. The summed E-state index contributed by atoms with van der Waals surface area (Å²) in [5.74, 6) is -2.33. The molecule has 0 saturated carbocycles. The fourth-order valence-electron chi connectivity index (χ4n) is 0.570. The average Bonchev–Trinajstić information content (AvgIpc) is 2.09. The van der Waals surface area contributed by atoms with Gasteiger partial charge in [-0.25, -0.2) is 0 Å². The molecule has 2 N–H and O–H groups in total. The van der Waals surface area contributed by atoms with Crippen molar-refractivity contribution >= 4 is 23.4 Å². The van der Waals surface area contributed by atoms with Crippen molar-refractivity contribution in [1.29, 1.82) is 0 Å². The van der Waals surface area contributed by atoms with Crippen LogP contribution in [-0.2, 0) is 19.2 Å². The molecule has 2 amide bonds. The second kappa shape index (κ2) is 5.85. The number of carbonyl (C=O) groups excluding carboxylic acids is 4. The van der Waals surface area contributed by atoms with E-state index in [4.69, 9.17) is 0 Å². The molecular formula is C8H12N2O4. The molecule has 0 aliphatic rings. The average molecular weight is 200 g/mol. The van der Waals surface area contributed by atoms with Crippen LogP contribution in [0.15, 0.2) is 0 Å². The lowest BCUT2D eigenvalue weighted by molar-refractivity contribution is -0.140. The summed E-state index contributed by atoms with van der Waals surface area (Å²) in [4.78, 5) is 42.6. The summed E-state index contributed by atoms with van der Waals surface area (Å²) in [6, 6.07) is 0. The van der Waals surface area contributed by atoms with Gasteiger partial charge in [0, 0.05) is 0 Å². The molecular weight excluding hydrogens is 188 g/mol. The van der Waals surface area contributed by atoms with E-state index in [9.17, 15) is 19.2 Å². The molecule has 0 aliphatic heterocycles. The first-order chi connectivity index (χ1) is 6.43. The van der Waals surface area contributed by atoms with E-state index in [1.54, 1.807) is 0 Å². The Morgan fingerprint density at radius 2 is 1.07 bits per heavy atom. The molecule has 0 atom stereocenters. The first kappa shape index (κ1) is 12.3. The molecule has 0 bridgehead atoms. The molecule has 0 spiro atoms. The van der Waals surface area contributed by atoms with E-state index in [2.05, 4.69) is 10.6 Å². The number of carbonyl (C=O) groups is 4. The zero-order valence-electron chi connectivity index (χ0n) is 8.05. The Hall–Kier alpha value is -1.72. The van der Waals surface area contributed by atoms with Crippen LogP contribution >= 0.6 is 0 Å². The minimum absolute atomic E-state index is 0.188. The molecule has 78 valence electrons. The zero-order chi connectivity index (χ0) is 11.1. The predicted molar refractivity (Wildman–Crippen MR) is 47.4 cm³/mol. The van der Waals surface area contributed by atoms with Crippen LogP contribution in [0.25, 0.3) is 0 Å². The maximum absolute atomic E-state index is 10.9. The van der Waals surface area contributed by atoms with Gasteiger partial charge in [-0.2, -0.15) is 0 Å². The molecule has 14 heavy (non-hydrogen) atoms. The number of hydrogen-bond donors (Lipinski definition) is 2. The molecule has 0 rings (SSSR count). The third-order valence-electron chi connectivity index (χ3n) is 1.20. The number of rotatable bonds is 4. The molecule has 6 heteroatoms. The Morgan fingerprint density at radius 3 is 1.29 bits per heavy atom. The topological polar surface area (TPSA) is 92.3 Å². The summed E-state index contributed by atoms with van der Waals surface area (Å²) in [5, 5.41) is 4.19. The van der Waals surface area contributed by atoms with Gasteiger partial charge in [0.25, 0.3) is 0 Å². The number of amides is 2. The highest BCUT2D eigenvalue weighted by Gasteiger charge is 2.12. The van der Waals surface area contributed by atoms with E-state index < -0.39 is 11.8 Å². The van der Waals surface area contributed by atoms with Crippen LogP contribution in [0.5, 0.6) is 0 Å². The maximum Gasteiger partial charge on any atom is 0.309 e. The largest absolute Gasteiger partial charge is 0.341 e. The van der Waals surface area contributed by atoms with Gasteiger partial charge in [0.2, 0.25) is 0 Å². The van der Waals surface area contributed by atoms with Crippen molar-refractivity contribution in [3.63, 3.8) is 0 Å².